The third-order valence-electron chi connectivity index (χ3n) is 4.92. The maximum atomic E-state index is 12.7. The van der Waals surface area contributed by atoms with Crippen LogP contribution >= 0.6 is 34.4 Å². The topological polar surface area (TPSA) is 171 Å². The number of carboxylic acid groups (broad SMARTS) is 1. The van der Waals surface area contributed by atoms with Gasteiger partial charge in [0.05, 0.1) is 5.51 Å². The predicted octanol–water partition coefficient (Wildman–Crippen LogP) is -0.104. The number of nitrogens with zero attached hydrogens (tertiary/aromatic N) is 4. The number of aromatic nitrogens is 2. The molecule has 2 aliphatic heterocycles. The second-order valence-electron chi connectivity index (χ2n) is 6.84. The molecule has 0 spiro atoms. The summed E-state index contributed by atoms with van der Waals surface area (Å²) in [7, 11) is 0. The SMILES string of the molecule is Nc1nc(C(=NO)C(=O)NC2C(=O)N3CC(C=Cc4cncs4)(C(=O)O)CS[C@H]23)cs1.[NaH]. The summed E-state index contributed by atoms with van der Waals surface area (Å²) >= 11 is 3.73. The molecule has 11 nitrogen and oxygen atoms in total. The van der Waals surface area contributed by atoms with Crippen LogP contribution < -0.4 is 11.1 Å². The van der Waals surface area contributed by atoms with Gasteiger partial charge in [0.25, 0.3) is 5.91 Å². The van der Waals surface area contributed by atoms with Gasteiger partial charge in [-0.3, -0.25) is 19.4 Å². The number of carbonyl (C=O) groups excluding carboxylic acids is 2. The van der Waals surface area contributed by atoms with Crippen LogP contribution in [0.5, 0.6) is 0 Å². The number of β-lactam (4-membered cyclic amide) rings is 1. The van der Waals surface area contributed by atoms with Gasteiger partial charge in [0.1, 0.15) is 22.5 Å². The Kier molecular flexibility index (Phi) is 7.62. The van der Waals surface area contributed by atoms with Crippen LogP contribution in [-0.4, -0.2) is 102 Å². The van der Waals surface area contributed by atoms with Gasteiger partial charge in [0, 0.05) is 28.8 Å². The first-order valence-electron chi connectivity index (χ1n) is 8.82. The average Bonchev–Trinajstić information content (AvgIpc) is 3.42. The number of carbonyl (C=O) groups is 3. The fourth-order valence-corrected chi connectivity index (χ4v) is 5.84. The zero-order valence-corrected chi connectivity index (χ0v) is 18.1. The molecule has 2 saturated heterocycles. The quantitative estimate of drug-likeness (QED) is 0.138. The molecule has 3 atom stereocenters. The van der Waals surface area contributed by atoms with Gasteiger partial charge in [-0.15, -0.1) is 34.4 Å². The third kappa shape index (κ3) is 4.56. The van der Waals surface area contributed by atoms with Crippen LogP contribution in [0.3, 0.4) is 0 Å². The Morgan fingerprint density at radius 2 is 2.19 bits per heavy atom. The van der Waals surface area contributed by atoms with Crippen LogP contribution in [0.2, 0.25) is 0 Å². The molecule has 2 amide bonds. The Balaban J connectivity index is 0.00000289. The Bertz CT molecular complexity index is 1090. The predicted molar refractivity (Wildman–Crippen MR) is 123 cm³/mol. The number of thioether (sulfide) groups is 1. The van der Waals surface area contributed by atoms with Crippen LogP contribution in [0.1, 0.15) is 10.6 Å². The van der Waals surface area contributed by atoms with Gasteiger partial charge in [-0.1, -0.05) is 11.2 Å². The fraction of sp³-hybridized carbons (Fsp3) is 0.294. The van der Waals surface area contributed by atoms with Gasteiger partial charge in [0.2, 0.25) is 5.91 Å². The monoisotopic (exact) mass is 504 g/mol. The summed E-state index contributed by atoms with van der Waals surface area (Å²) in [4.78, 5) is 47.3. The molecule has 164 valence electrons. The van der Waals surface area contributed by atoms with Gasteiger partial charge in [-0.05, 0) is 6.08 Å². The molecule has 2 fully saturated rings. The van der Waals surface area contributed by atoms with E-state index in [-0.39, 0.29) is 58.4 Å². The van der Waals surface area contributed by atoms with E-state index in [1.807, 2.05) is 0 Å². The number of nitrogens with one attached hydrogen (secondary N) is 1. The number of anilines is 1. The Morgan fingerprint density at radius 3 is 2.78 bits per heavy atom. The molecule has 2 aromatic heterocycles. The molecule has 5 N–H and O–H groups in total. The van der Waals surface area contributed by atoms with Crippen LogP contribution in [0.25, 0.3) is 6.08 Å². The molecule has 0 aromatic carbocycles. The summed E-state index contributed by atoms with van der Waals surface area (Å²) in [5.41, 5.74) is 5.69. The molecule has 0 bridgehead atoms. The van der Waals surface area contributed by atoms with Crippen LogP contribution in [0.4, 0.5) is 5.13 Å². The van der Waals surface area contributed by atoms with Crippen molar-refractivity contribution in [3.63, 3.8) is 0 Å². The number of hydrogen-bond donors (Lipinski definition) is 4. The van der Waals surface area contributed by atoms with Crippen molar-refractivity contribution in [2.24, 2.45) is 10.6 Å². The number of thiazole rings is 2. The molecule has 0 saturated carbocycles. The first-order valence-corrected chi connectivity index (χ1v) is 11.6. The van der Waals surface area contributed by atoms with Gasteiger partial charge in [-0.2, -0.15) is 0 Å². The van der Waals surface area contributed by atoms with E-state index in [9.17, 15) is 24.7 Å². The molecule has 32 heavy (non-hydrogen) atoms. The molecular weight excluding hydrogens is 487 g/mol. The normalized spacial score (nSPS) is 25.1. The summed E-state index contributed by atoms with van der Waals surface area (Å²) < 4.78 is 0. The third-order valence-corrected chi connectivity index (χ3v) is 7.88. The number of aliphatic carboxylic acids is 1. The fourth-order valence-electron chi connectivity index (χ4n) is 3.26. The molecule has 4 rings (SSSR count). The van der Waals surface area contributed by atoms with Crippen LogP contribution in [0.15, 0.2) is 28.3 Å². The Labute approximate surface area is 216 Å². The van der Waals surface area contributed by atoms with E-state index in [4.69, 9.17) is 5.73 Å². The van der Waals surface area contributed by atoms with E-state index in [0.717, 1.165) is 16.2 Å². The molecule has 4 heterocycles. The standard InChI is InChI=1S/C17H16N6O5S3.Na.H/c18-16-20-9(4-29-16)10(22-28)12(24)21-11-13(25)23-5-17(15(26)27,6-30-14(11)23)2-1-8-3-19-7-31-8;;/h1-4,7,11,14,28H,5-6H2,(H2,18,20)(H,21,24)(H,26,27);;/t11?,14-,17?;;/m1../s1. The number of nitrogen functional groups attached to an aromatic ring is 1. The van der Waals surface area contributed by atoms with E-state index in [1.54, 1.807) is 23.9 Å². The van der Waals surface area contributed by atoms with E-state index in [0.29, 0.717) is 0 Å². The van der Waals surface area contributed by atoms with Crippen molar-refractivity contribution < 1.29 is 24.7 Å². The molecule has 0 radical (unpaired) electrons. The van der Waals surface area contributed by atoms with Gasteiger partial charge >= 0.3 is 35.5 Å². The van der Waals surface area contributed by atoms with Crippen LogP contribution in [-0.2, 0) is 14.4 Å². The van der Waals surface area contributed by atoms with Gasteiger partial charge in [0.15, 0.2) is 10.8 Å². The molecule has 0 aliphatic carbocycles. The molecule has 15 heteroatoms. The summed E-state index contributed by atoms with van der Waals surface area (Å²) in [5, 5.41) is 25.8. The summed E-state index contributed by atoms with van der Waals surface area (Å²) in [6, 6.07) is -0.859. The van der Waals surface area contributed by atoms with Crippen molar-refractivity contribution in [3.8, 4) is 0 Å². The Hall–Kier alpha value is -1.97. The van der Waals surface area contributed by atoms with E-state index < -0.39 is 34.6 Å². The van der Waals surface area contributed by atoms with E-state index in [1.165, 1.54) is 33.4 Å². The maximum absolute atomic E-state index is 12.7. The van der Waals surface area contributed by atoms with Crippen molar-refractivity contribution in [1.82, 2.24) is 20.2 Å². The number of carboxylic acids is 1. The van der Waals surface area contributed by atoms with Crippen LogP contribution in [0, 0.1) is 5.41 Å². The second-order valence-corrected chi connectivity index (χ2v) is 9.75. The summed E-state index contributed by atoms with van der Waals surface area (Å²) in [5.74, 6) is -1.98. The molecule has 2 unspecified atom stereocenters. The zero-order chi connectivity index (χ0) is 22.2. The van der Waals surface area contributed by atoms with Crippen molar-refractivity contribution >= 4 is 98.7 Å². The van der Waals surface area contributed by atoms with Crippen molar-refractivity contribution in [3.05, 3.63) is 33.7 Å². The first-order chi connectivity index (χ1) is 14.8. The van der Waals surface area contributed by atoms with Crippen molar-refractivity contribution in [2.45, 2.75) is 11.4 Å². The van der Waals surface area contributed by atoms with Gasteiger partial charge < -0.3 is 26.3 Å². The number of rotatable bonds is 6. The van der Waals surface area contributed by atoms with Gasteiger partial charge in [-0.25, -0.2) is 4.98 Å². The first kappa shape index (κ1) is 24.7. The van der Waals surface area contributed by atoms with Crippen molar-refractivity contribution in [1.29, 1.82) is 0 Å². The average molecular weight is 505 g/mol. The number of hydrogen-bond acceptors (Lipinski definition) is 11. The minimum atomic E-state index is -1.24. The molecule has 2 aliphatic rings. The Morgan fingerprint density at radius 1 is 1.41 bits per heavy atom. The number of oxime groups is 1. The molecular formula is C17H17N6NaO5S3. The van der Waals surface area contributed by atoms with E-state index >= 15 is 0 Å². The number of fused-ring (bicyclic) bond motifs is 1. The van der Waals surface area contributed by atoms with Crippen molar-refractivity contribution in [2.75, 3.05) is 18.0 Å². The zero-order valence-electron chi connectivity index (χ0n) is 15.7. The number of nitrogens with two attached hydrogens (primary N) is 1. The summed E-state index contributed by atoms with van der Waals surface area (Å²) in [6.07, 6.45) is 4.92. The van der Waals surface area contributed by atoms with E-state index in [2.05, 4.69) is 20.4 Å². The number of amides is 2. The minimum absolute atomic E-state index is 0. The molecule has 2 aromatic rings. The second kappa shape index (κ2) is 9.89. The summed E-state index contributed by atoms with van der Waals surface area (Å²) in [6.45, 7) is -0.00985.